The summed E-state index contributed by atoms with van der Waals surface area (Å²) in [6.45, 7) is 5.18. The molecule has 132 valence electrons. The molecule has 2 unspecified atom stereocenters. The van der Waals surface area contributed by atoms with Crippen molar-refractivity contribution in [3.63, 3.8) is 0 Å². The highest BCUT2D eigenvalue weighted by molar-refractivity contribution is 7.93. The van der Waals surface area contributed by atoms with Gasteiger partial charge in [0.05, 0.1) is 10.6 Å². The number of rotatable bonds is 2. The molecular weight excluding hydrogens is 338 g/mol. The molecule has 1 N–H and O–H groups in total. The lowest BCUT2D eigenvalue weighted by molar-refractivity contribution is -0.133. The number of nitrogens with one attached hydrogen (secondary N) is 1. The van der Waals surface area contributed by atoms with Gasteiger partial charge in [0.2, 0.25) is 5.91 Å². The maximum absolute atomic E-state index is 13.0. The highest BCUT2D eigenvalue weighted by Gasteiger charge is 2.38. The summed E-state index contributed by atoms with van der Waals surface area (Å²) in [5.74, 6) is -0.158. The van der Waals surface area contributed by atoms with Gasteiger partial charge in [-0.3, -0.25) is 9.10 Å². The second-order valence-corrected chi connectivity index (χ2v) is 8.54. The maximum atomic E-state index is 13.0. The molecule has 6 nitrogen and oxygen atoms in total. The predicted molar refractivity (Wildman–Crippen MR) is 97.1 cm³/mol. The fourth-order valence-corrected chi connectivity index (χ4v) is 5.41. The number of hydrogen-bond donors (Lipinski definition) is 1. The molecule has 0 aliphatic carbocycles. The minimum atomic E-state index is -3.69. The van der Waals surface area contributed by atoms with Gasteiger partial charge in [0.1, 0.15) is 6.54 Å². The monoisotopic (exact) mass is 359 g/mol. The zero-order valence-corrected chi connectivity index (χ0v) is 15.1. The normalized spacial score (nSPS) is 24.7. The van der Waals surface area contributed by atoms with Crippen molar-refractivity contribution in [2.75, 3.05) is 23.9 Å². The highest BCUT2D eigenvalue weighted by Crippen LogP contribution is 2.41. The summed E-state index contributed by atoms with van der Waals surface area (Å²) >= 11 is 0. The Morgan fingerprint density at radius 2 is 1.92 bits per heavy atom. The summed E-state index contributed by atoms with van der Waals surface area (Å²) in [6, 6.07) is 11.0. The van der Waals surface area contributed by atoms with E-state index in [-0.39, 0.29) is 29.4 Å². The van der Waals surface area contributed by atoms with E-state index < -0.39 is 10.0 Å². The molecule has 2 aromatic carbocycles. The molecule has 2 aliphatic rings. The molecule has 1 fully saturated rings. The Labute approximate surface area is 147 Å². The van der Waals surface area contributed by atoms with E-state index in [0.29, 0.717) is 17.6 Å². The van der Waals surface area contributed by atoms with Crippen molar-refractivity contribution in [1.29, 1.82) is 0 Å². The summed E-state index contributed by atoms with van der Waals surface area (Å²) in [5.41, 5.74) is 0.595. The largest absolute Gasteiger partial charge is 0.336 e. The maximum Gasteiger partial charge on any atom is 0.265 e. The molecule has 1 amide bonds. The van der Waals surface area contributed by atoms with E-state index >= 15 is 0 Å². The molecule has 7 heteroatoms. The molecule has 0 spiro atoms. The molecule has 25 heavy (non-hydrogen) atoms. The first kappa shape index (κ1) is 16.4. The lowest BCUT2D eigenvalue weighted by Gasteiger charge is -2.39. The minimum absolute atomic E-state index is 0.0322. The van der Waals surface area contributed by atoms with Gasteiger partial charge in [0, 0.05) is 30.6 Å². The Morgan fingerprint density at radius 1 is 1.20 bits per heavy atom. The standard InChI is InChI=1S/C18H21N3O3S/c1-12-13(2)20(10-9-19-12)17(22)11-21-15-7-3-5-14-6-4-8-16(18(14)15)25(21,23)24/h3-8,12-13,19H,9-11H2,1-2H3. The van der Waals surface area contributed by atoms with Gasteiger partial charge in [-0.15, -0.1) is 0 Å². The van der Waals surface area contributed by atoms with Gasteiger partial charge in [0.15, 0.2) is 0 Å². The van der Waals surface area contributed by atoms with Crippen LogP contribution in [0.3, 0.4) is 0 Å². The van der Waals surface area contributed by atoms with Crippen LogP contribution < -0.4 is 9.62 Å². The van der Waals surface area contributed by atoms with E-state index in [1.54, 1.807) is 23.1 Å². The lowest BCUT2D eigenvalue weighted by Crippen LogP contribution is -2.58. The van der Waals surface area contributed by atoms with Crippen molar-refractivity contribution in [2.45, 2.75) is 30.8 Å². The molecule has 2 atom stereocenters. The number of benzene rings is 2. The van der Waals surface area contributed by atoms with Crippen molar-refractivity contribution in [3.8, 4) is 0 Å². The number of anilines is 1. The van der Waals surface area contributed by atoms with Crippen molar-refractivity contribution in [1.82, 2.24) is 10.2 Å². The first-order valence-corrected chi connectivity index (χ1v) is 9.92. The third kappa shape index (κ3) is 2.41. The zero-order chi connectivity index (χ0) is 17.8. The van der Waals surface area contributed by atoms with Crippen LogP contribution in [-0.2, 0) is 14.8 Å². The number of piperazine rings is 1. The van der Waals surface area contributed by atoms with Gasteiger partial charge in [-0.2, -0.15) is 0 Å². The Kier molecular flexibility index (Phi) is 3.73. The highest BCUT2D eigenvalue weighted by atomic mass is 32.2. The minimum Gasteiger partial charge on any atom is -0.336 e. The van der Waals surface area contributed by atoms with E-state index in [1.807, 2.05) is 32.0 Å². The number of hydrogen-bond acceptors (Lipinski definition) is 4. The summed E-state index contributed by atoms with van der Waals surface area (Å²) < 4.78 is 27.2. The Balaban J connectivity index is 1.70. The molecule has 2 aromatic rings. The second-order valence-electron chi connectivity index (χ2n) is 6.71. The number of carbonyl (C=O) groups excluding carboxylic acids is 1. The predicted octanol–water partition coefficient (Wildman–Crippen LogP) is 1.56. The summed E-state index contributed by atoms with van der Waals surface area (Å²) in [7, 11) is -3.69. The third-order valence-electron chi connectivity index (χ3n) is 5.31. The molecule has 0 bridgehead atoms. The van der Waals surface area contributed by atoms with E-state index in [0.717, 1.165) is 11.9 Å². The number of amides is 1. The lowest BCUT2D eigenvalue weighted by atomic mass is 10.1. The Hall–Kier alpha value is -2.12. The molecule has 0 radical (unpaired) electrons. The van der Waals surface area contributed by atoms with Crippen LogP contribution in [0.4, 0.5) is 5.69 Å². The van der Waals surface area contributed by atoms with Crippen LogP contribution in [0.5, 0.6) is 0 Å². The summed E-state index contributed by atoms with van der Waals surface area (Å²) in [5, 5.41) is 4.91. The van der Waals surface area contributed by atoms with Gasteiger partial charge in [-0.05, 0) is 31.4 Å². The van der Waals surface area contributed by atoms with E-state index in [2.05, 4.69) is 5.32 Å². The van der Waals surface area contributed by atoms with Gasteiger partial charge < -0.3 is 10.2 Å². The molecular formula is C18H21N3O3S. The smallest absolute Gasteiger partial charge is 0.265 e. The SMILES string of the molecule is CC1NCCN(C(=O)CN2c3cccc4cccc(c34)S2(=O)=O)C1C. The van der Waals surface area contributed by atoms with E-state index in [9.17, 15) is 13.2 Å². The summed E-state index contributed by atoms with van der Waals surface area (Å²) in [6.07, 6.45) is 0. The average Bonchev–Trinajstić information content (AvgIpc) is 2.81. The van der Waals surface area contributed by atoms with Crippen LogP contribution in [0.1, 0.15) is 13.8 Å². The first-order valence-electron chi connectivity index (χ1n) is 8.48. The molecule has 1 saturated heterocycles. The average molecular weight is 359 g/mol. The molecule has 2 heterocycles. The third-order valence-corrected chi connectivity index (χ3v) is 7.12. The number of carbonyl (C=O) groups is 1. The van der Waals surface area contributed by atoms with Crippen molar-refractivity contribution in [2.24, 2.45) is 0 Å². The second kappa shape index (κ2) is 5.71. The topological polar surface area (TPSA) is 69.7 Å². The first-order chi connectivity index (χ1) is 11.9. The molecule has 0 aromatic heterocycles. The summed E-state index contributed by atoms with van der Waals surface area (Å²) in [4.78, 5) is 14.9. The van der Waals surface area contributed by atoms with Crippen LogP contribution in [0, 0.1) is 0 Å². The van der Waals surface area contributed by atoms with Crippen molar-refractivity contribution >= 4 is 32.4 Å². The van der Waals surface area contributed by atoms with Gasteiger partial charge in [-0.1, -0.05) is 24.3 Å². The van der Waals surface area contributed by atoms with Crippen LogP contribution in [-0.4, -0.2) is 50.9 Å². The van der Waals surface area contributed by atoms with Crippen molar-refractivity contribution < 1.29 is 13.2 Å². The van der Waals surface area contributed by atoms with E-state index in [1.165, 1.54) is 4.31 Å². The fourth-order valence-electron chi connectivity index (χ4n) is 3.75. The van der Waals surface area contributed by atoms with Crippen molar-refractivity contribution in [3.05, 3.63) is 36.4 Å². The van der Waals surface area contributed by atoms with Crippen LogP contribution in [0.25, 0.3) is 10.8 Å². The van der Waals surface area contributed by atoms with Gasteiger partial charge in [-0.25, -0.2) is 8.42 Å². The number of sulfonamides is 1. The quantitative estimate of drug-likeness (QED) is 0.883. The number of nitrogens with zero attached hydrogens (tertiary/aromatic N) is 2. The van der Waals surface area contributed by atoms with E-state index in [4.69, 9.17) is 0 Å². The van der Waals surface area contributed by atoms with Crippen LogP contribution >= 0.6 is 0 Å². The fraction of sp³-hybridized carbons (Fsp3) is 0.389. The van der Waals surface area contributed by atoms with Gasteiger partial charge in [0.25, 0.3) is 10.0 Å². The zero-order valence-electron chi connectivity index (χ0n) is 14.3. The van der Waals surface area contributed by atoms with Gasteiger partial charge >= 0.3 is 0 Å². The molecule has 4 rings (SSSR count). The molecule has 0 saturated carbocycles. The van der Waals surface area contributed by atoms with Crippen LogP contribution in [0.15, 0.2) is 41.3 Å². The molecule has 2 aliphatic heterocycles. The van der Waals surface area contributed by atoms with Crippen LogP contribution in [0.2, 0.25) is 0 Å². The Bertz CT molecular complexity index is 952. The Morgan fingerprint density at radius 3 is 2.68 bits per heavy atom.